The van der Waals surface area contributed by atoms with E-state index in [9.17, 15) is 0 Å². The van der Waals surface area contributed by atoms with Gasteiger partial charge in [-0.2, -0.15) is 0 Å². The van der Waals surface area contributed by atoms with Gasteiger partial charge in [0.25, 0.3) is 0 Å². The molecule has 0 aromatic heterocycles. The van der Waals surface area contributed by atoms with Gasteiger partial charge in [-0.1, -0.05) is 29.8 Å². The number of methoxy groups -OCH3 is 1. The molecule has 1 aromatic rings. The maximum Gasteiger partial charge on any atom is 0.0595 e. The Labute approximate surface area is 116 Å². The molecule has 1 aliphatic rings. The zero-order chi connectivity index (χ0) is 13.7. The Morgan fingerprint density at radius 3 is 2.42 bits per heavy atom. The third-order valence-electron chi connectivity index (χ3n) is 4.14. The first kappa shape index (κ1) is 14.5. The van der Waals surface area contributed by atoms with E-state index >= 15 is 0 Å². The van der Waals surface area contributed by atoms with Gasteiger partial charge in [0.05, 0.1) is 6.10 Å². The fourth-order valence-electron chi connectivity index (χ4n) is 2.75. The largest absolute Gasteiger partial charge is 0.381 e. The number of nitrogens with one attached hydrogen (secondary N) is 1. The molecule has 1 heterocycles. The van der Waals surface area contributed by atoms with Gasteiger partial charge in [-0.25, -0.2) is 0 Å². The molecule has 0 radical (unpaired) electrons. The van der Waals surface area contributed by atoms with Crippen LogP contribution in [0.3, 0.4) is 0 Å². The van der Waals surface area contributed by atoms with Crippen molar-refractivity contribution in [3.05, 3.63) is 35.4 Å². The minimum Gasteiger partial charge on any atom is -0.381 e. The van der Waals surface area contributed by atoms with Crippen LogP contribution < -0.4 is 5.32 Å². The quantitative estimate of drug-likeness (QED) is 0.881. The highest BCUT2D eigenvalue weighted by atomic mass is 16.5. The maximum atomic E-state index is 5.43. The minimum atomic E-state index is 0.416. The number of rotatable bonds is 5. The van der Waals surface area contributed by atoms with Crippen LogP contribution in [-0.2, 0) is 4.74 Å². The zero-order valence-corrected chi connectivity index (χ0v) is 12.4. The zero-order valence-electron chi connectivity index (χ0n) is 12.4. The topological polar surface area (TPSA) is 24.5 Å². The van der Waals surface area contributed by atoms with Crippen molar-refractivity contribution >= 4 is 0 Å². The molecule has 1 aromatic carbocycles. The summed E-state index contributed by atoms with van der Waals surface area (Å²) in [6.07, 6.45) is 2.77. The molecule has 1 N–H and O–H groups in total. The highest BCUT2D eigenvalue weighted by Crippen LogP contribution is 2.19. The average Bonchev–Trinajstić information content (AvgIpc) is 2.46. The van der Waals surface area contributed by atoms with Gasteiger partial charge in [0.1, 0.15) is 0 Å². The van der Waals surface area contributed by atoms with Gasteiger partial charge in [-0.15, -0.1) is 0 Å². The Hall–Kier alpha value is -0.900. The molecule has 1 atom stereocenters. The molecule has 0 amide bonds. The van der Waals surface area contributed by atoms with E-state index in [2.05, 4.69) is 41.4 Å². The number of ether oxygens (including phenoxy) is 1. The van der Waals surface area contributed by atoms with Crippen LogP contribution in [0.4, 0.5) is 0 Å². The van der Waals surface area contributed by atoms with Crippen LogP contribution >= 0.6 is 0 Å². The van der Waals surface area contributed by atoms with Crippen LogP contribution in [0.15, 0.2) is 24.3 Å². The summed E-state index contributed by atoms with van der Waals surface area (Å²) in [6, 6.07) is 9.27. The minimum absolute atomic E-state index is 0.416. The van der Waals surface area contributed by atoms with Gasteiger partial charge in [0.15, 0.2) is 0 Å². The van der Waals surface area contributed by atoms with E-state index in [4.69, 9.17) is 4.74 Å². The Kier molecular flexibility index (Phi) is 5.37. The monoisotopic (exact) mass is 262 g/mol. The first-order valence-electron chi connectivity index (χ1n) is 7.22. The summed E-state index contributed by atoms with van der Waals surface area (Å²) >= 11 is 0. The molecule has 0 saturated carbocycles. The fraction of sp³-hybridized carbons (Fsp3) is 0.625. The molecule has 106 valence electrons. The van der Waals surface area contributed by atoms with Crippen molar-refractivity contribution in [3.63, 3.8) is 0 Å². The van der Waals surface area contributed by atoms with E-state index < -0.39 is 0 Å². The lowest BCUT2D eigenvalue weighted by Gasteiger charge is -2.33. The predicted molar refractivity (Wildman–Crippen MR) is 79.5 cm³/mol. The summed E-state index contributed by atoms with van der Waals surface area (Å²) in [5.74, 6) is 0. The van der Waals surface area contributed by atoms with Gasteiger partial charge in [0.2, 0.25) is 0 Å². The van der Waals surface area contributed by atoms with Crippen LogP contribution in [-0.4, -0.2) is 44.8 Å². The number of benzene rings is 1. The molecule has 0 aliphatic carbocycles. The molecule has 3 heteroatoms. The van der Waals surface area contributed by atoms with Gasteiger partial charge >= 0.3 is 0 Å². The Balaban J connectivity index is 1.91. The molecular formula is C16H26N2O. The number of likely N-dealkylation sites (tertiary alicyclic amines) is 1. The van der Waals surface area contributed by atoms with Crippen molar-refractivity contribution in [1.29, 1.82) is 0 Å². The Morgan fingerprint density at radius 1 is 1.26 bits per heavy atom. The van der Waals surface area contributed by atoms with E-state index in [1.807, 2.05) is 14.2 Å². The second-order valence-electron chi connectivity index (χ2n) is 5.49. The summed E-state index contributed by atoms with van der Waals surface area (Å²) < 4.78 is 5.43. The molecule has 3 nitrogen and oxygen atoms in total. The van der Waals surface area contributed by atoms with E-state index in [1.165, 1.54) is 11.1 Å². The third kappa shape index (κ3) is 4.03. The van der Waals surface area contributed by atoms with Crippen molar-refractivity contribution in [2.45, 2.75) is 31.9 Å². The molecule has 1 fully saturated rings. The van der Waals surface area contributed by atoms with Crippen LogP contribution in [0, 0.1) is 6.92 Å². The Morgan fingerprint density at radius 2 is 1.89 bits per heavy atom. The summed E-state index contributed by atoms with van der Waals surface area (Å²) in [6.45, 7) is 5.49. The van der Waals surface area contributed by atoms with Crippen LogP contribution in [0.1, 0.15) is 30.0 Å². The van der Waals surface area contributed by atoms with Crippen molar-refractivity contribution in [2.24, 2.45) is 0 Å². The molecule has 1 saturated heterocycles. The molecule has 1 aliphatic heterocycles. The number of aryl methyl sites for hydroxylation is 1. The van der Waals surface area contributed by atoms with E-state index in [1.54, 1.807) is 0 Å². The molecule has 19 heavy (non-hydrogen) atoms. The first-order valence-corrected chi connectivity index (χ1v) is 7.22. The highest BCUT2D eigenvalue weighted by molar-refractivity contribution is 5.24. The molecular weight excluding hydrogens is 236 g/mol. The van der Waals surface area contributed by atoms with Gasteiger partial charge in [-0.3, -0.25) is 0 Å². The SMILES string of the molecule is CNC(CN1CCC(OC)CC1)c1ccc(C)cc1. The summed E-state index contributed by atoms with van der Waals surface area (Å²) in [5.41, 5.74) is 2.70. The van der Waals surface area contributed by atoms with Crippen molar-refractivity contribution in [2.75, 3.05) is 33.8 Å². The summed E-state index contributed by atoms with van der Waals surface area (Å²) in [5, 5.41) is 3.44. The fourth-order valence-corrected chi connectivity index (χ4v) is 2.75. The number of likely N-dealkylation sites (N-methyl/N-ethyl adjacent to an activating group) is 1. The normalized spacial score (nSPS) is 19.5. The smallest absolute Gasteiger partial charge is 0.0595 e. The number of hydrogen-bond acceptors (Lipinski definition) is 3. The lowest BCUT2D eigenvalue weighted by molar-refractivity contribution is 0.0386. The number of nitrogens with zero attached hydrogens (tertiary/aromatic N) is 1. The van der Waals surface area contributed by atoms with Crippen molar-refractivity contribution in [1.82, 2.24) is 10.2 Å². The van der Waals surface area contributed by atoms with Crippen LogP contribution in [0.5, 0.6) is 0 Å². The van der Waals surface area contributed by atoms with Gasteiger partial charge in [0, 0.05) is 32.8 Å². The Bertz CT molecular complexity index is 369. The van der Waals surface area contributed by atoms with E-state index in [0.29, 0.717) is 12.1 Å². The van der Waals surface area contributed by atoms with Crippen molar-refractivity contribution < 1.29 is 4.74 Å². The number of piperidine rings is 1. The van der Waals surface area contributed by atoms with Gasteiger partial charge in [-0.05, 0) is 32.4 Å². The molecule has 0 spiro atoms. The molecule has 1 unspecified atom stereocenters. The third-order valence-corrected chi connectivity index (χ3v) is 4.14. The van der Waals surface area contributed by atoms with Gasteiger partial charge < -0.3 is 15.0 Å². The lowest BCUT2D eigenvalue weighted by atomic mass is 10.0. The van der Waals surface area contributed by atoms with Crippen molar-refractivity contribution in [3.8, 4) is 0 Å². The second kappa shape index (κ2) is 7.04. The predicted octanol–water partition coefficient (Wildman–Crippen LogP) is 2.37. The van der Waals surface area contributed by atoms with Crippen LogP contribution in [0.25, 0.3) is 0 Å². The molecule has 0 bridgehead atoms. The number of hydrogen-bond donors (Lipinski definition) is 1. The maximum absolute atomic E-state index is 5.43. The first-order chi connectivity index (χ1) is 9.22. The lowest BCUT2D eigenvalue weighted by Crippen LogP contribution is -2.41. The standard InChI is InChI=1S/C16H26N2O/c1-13-4-6-14(7-5-13)16(17-2)12-18-10-8-15(19-3)9-11-18/h4-7,15-17H,8-12H2,1-3H3. The summed E-state index contributed by atoms with van der Waals surface area (Å²) in [7, 11) is 3.87. The average molecular weight is 262 g/mol. The van der Waals surface area contributed by atoms with Crippen LogP contribution in [0.2, 0.25) is 0 Å². The highest BCUT2D eigenvalue weighted by Gasteiger charge is 2.21. The van der Waals surface area contributed by atoms with E-state index in [0.717, 1.165) is 32.5 Å². The second-order valence-corrected chi connectivity index (χ2v) is 5.49. The summed E-state index contributed by atoms with van der Waals surface area (Å²) in [4.78, 5) is 2.54. The van der Waals surface area contributed by atoms with E-state index in [-0.39, 0.29) is 0 Å². The molecule has 2 rings (SSSR count).